The summed E-state index contributed by atoms with van der Waals surface area (Å²) in [6.07, 6.45) is -0.541. The molecule has 0 bridgehead atoms. The van der Waals surface area contributed by atoms with Gasteiger partial charge in [-0.15, -0.1) is 0 Å². The minimum absolute atomic E-state index is 0.113. The summed E-state index contributed by atoms with van der Waals surface area (Å²) >= 11 is 5.92. The Morgan fingerprint density at radius 3 is 2.53 bits per heavy atom. The second-order valence-electron chi connectivity index (χ2n) is 3.62. The van der Waals surface area contributed by atoms with Crippen LogP contribution in [-0.4, -0.2) is 24.9 Å². The average Bonchev–Trinajstić information content (AvgIpc) is 2.27. The Kier molecular flexibility index (Phi) is 4.66. The first kappa shape index (κ1) is 13.7. The molecule has 1 unspecified atom stereocenters. The molecule has 0 aliphatic heterocycles. The van der Waals surface area contributed by atoms with E-state index in [-0.39, 0.29) is 11.7 Å². The molecule has 1 amide bonds. The predicted molar refractivity (Wildman–Crippen MR) is 66.6 cm³/mol. The SMILES string of the molecule is COC(C)C(=O)Nc1ccc(C(C)=O)c(Cl)c1. The summed E-state index contributed by atoms with van der Waals surface area (Å²) in [5.41, 5.74) is 0.971. The molecule has 1 aromatic rings. The van der Waals surface area contributed by atoms with Crippen molar-refractivity contribution in [2.75, 3.05) is 12.4 Å². The summed E-state index contributed by atoms with van der Waals surface area (Å²) in [6, 6.07) is 4.75. The highest BCUT2D eigenvalue weighted by Crippen LogP contribution is 2.21. The quantitative estimate of drug-likeness (QED) is 0.841. The third-order valence-corrected chi connectivity index (χ3v) is 2.65. The standard InChI is InChI=1S/C12H14ClNO3/c1-7(15)10-5-4-9(6-11(10)13)14-12(16)8(2)17-3/h4-6,8H,1-3H3,(H,14,16). The smallest absolute Gasteiger partial charge is 0.253 e. The van der Waals surface area contributed by atoms with Crippen LogP contribution in [0.3, 0.4) is 0 Å². The Bertz CT molecular complexity index is 445. The summed E-state index contributed by atoms with van der Waals surface area (Å²) in [5, 5.41) is 2.96. The topological polar surface area (TPSA) is 55.4 Å². The molecule has 92 valence electrons. The Morgan fingerprint density at radius 2 is 2.06 bits per heavy atom. The average molecular weight is 256 g/mol. The van der Waals surface area contributed by atoms with Crippen molar-refractivity contribution in [1.29, 1.82) is 0 Å². The van der Waals surface area contributed by atoms with E-state index < -0.39 is 6.10 Å². The molecule has 0 aliphatic carbocycles. The van der Waals surface area contributed by atoms with Crippen LogP contribution in [-0.2, 0) is 9.53 Å². The van der Waals surface area contributed by atoms with E-state index in [0.717, 1.165) is 0 Å². The highest BCUT2D eigenvalue weighted by atomic mass is 35.5. The number of carbonyl (C=O) groups is 2. The highest BCUT2D eigenvalue weighted by Gasteiger charge is 2.13. The van der Waals surface area contributed by atoms with Crippen molar-refractivity contribution in [3.8, 4) is 0 Å². The molecule has 0 saturated carbocycles. The first-order valence-corrected chi connectivity index (χ1v) is 5.47. The molecule has 0 fully saturated rings. The van der Waals surface area contributed by atoms with Crippen molar-refractivity contribution in [2.45, 2.75) is 20.0 Å². The van der Waals surface area contributed by atoms with Crippen molar-refractivity contribution >= 4 is 29.0 Å². The maximum Gasteiger partial charge on any atom is 0.253 e. The number of ether oxygens (including phenoxy) is 1. The van der Waals surface area contributed by atoms with E-state index in [9.17, 15) is 9.59 Å². The second-order valence-corrected chi connectivity index (χ2v) is 4.03. The lowest BCUT2D eigenvalue weighted by Gasteiger charge is -2.11. The maximum atomic E-state index is 11.5. The van der Waals surface area contributed by atoms with Crippen LogP contribution in [0.1, 0.15) is 24.2 Å². The number of hydrogen-bond acceptors (Lipinski definition) is 3. The van der Waals surface area contributed by atoms with Crippen LogP contribution in [0.15, 0.2) is 18.2 Å². The Labute approximate surface area is 105 Å². The van der Waals surface area contributed by atoms with Crippen LogP contribution in [0, 0.1) is 0 Å². The number of Topliss-reactive ketones (excluding diaryl/α,β-unsaturated/α-hetero) is 1. The lowest BCUT2D eigenvalue weighted by Crippen LogP contribution is -2.26. The van der Waals surface area contributed by atoms with E-state index >= 15 is 0 Å². The third-order valence-electron chi connectivity index (χ3n) is 2.34. The summed E-state index contributed by atoms with van der Waals surface area (Å²) in [7, 11) is 1.45. The van der Waals surface area contributed by atoms with Gasteiger partial charge in [-0.3, -0.25) is 9.59 Å². The summed E-state index contributed by atoms with van der Waals surface area (Å²) in [6.45, 7) is 3.08. The Morgan fingerprint density at radius 1 is 1.41 bits per heavy atom. The fraction of sp³-hybridized carbons (Fsp3) is 0.333. The molecule has 0 aromatic heterocycles. The van der Waals surface area contributed by atoms with Gasteiger partial charge < -0.3 is 10.1 Å². The highest BCUT2D eigenvalue weighted by molar-refractivity contribution is 6.34. The molecule has 0 spiro atoms. The van der Waals surface area contributed by atoms with E-state index in [1.54, 1.807) is 25.1 Å². The monoisotopic (exact) mass is 255 g/mol. The zero-order valence-electron chi connectivity index (χ0n) is 9.91. The van der Waals surface area contributed by atoms with Crippen molar-refractivity contribution in [3.05, 3.63) is 28.8 Å². The molecule has 5 heteroatoms. The molecule has 1 rings (SSSR count). The van der Waals surface area contributed by atoms with E-state index in [0.29, 0.717) is 16.3 Å². The molecule has 1 N–H and O–H groups in total. The van der Waals surface area contributed by atoms with Crippen molar-refractivity contribution in [3.63, 3.8) is 0 Å². The number of benzene rings is 1. The lowest BCUT2D eigenvalue weighted by atomic mass is 10.1. The molecular weight excluding hydrogens is 242 g/mol. The number of rotatable bonds is 4. The Hall–Kier alpha value is -1.39. The number of methoxy groups -OCH3 is 1. The van der Waals surface area contributed by atoms with Gasteiger partial charge >= 0.3 is 0 Å². The molecule has 1 aromatic carbocycles. The van der Waals surface area contributed by atoms with Gasteiger partial charge in [0.25, 0.3) is 5.91 Å². The largest absolute Gasteiger partial charge is 0.372 e. The van der Waals surface area contributed by atoms with Gasteiger partial charge in [-0.1, -0.05) is 11.6 Å². The fourth-order valence-corrected chi connectivity index (χ4v) is 1.54. The zero-order valence-corrected chi connectivity index (χ0v) is 10.7. The normalized spacial score (nSPS) is 12.0. The molecular formula is C12H14ClNO3. The number of hydrogen-bond donors (Lipinski definition) is 1. The number of ketones is 1. The molecule has 0 saturated heterocycles. The van der Waals surface area contributed by atoms with Crippen LogP contribution < -0.4 is 5.32 Å². The summed E-state index contributed by atoms with van der Waals surface area (Å²) in [4.78, 5) is 22.7. The van der Waals surface area contributed by atoms with Crippen LogP contribution in [0.2, 0.25) is 5.02 Å². The van der Waals surface area contributed by atoms with Crippen LogP contribution >= 0.6 is 11.6 Å². The first-order chi connectivity index (χ1) is 7.95. The maximum absolute atomic E-state index is 11.5. The third kappa shape index (κ3) is 3.54. The predicted octanol–water partition coefficient (Wildman–Crippen LogP) is 2.52. The molecule has 1 atom stereocenters. The van der Waals surface area contributed by atoms with Gasteiger partial charge in [0, 0.05) is 18.4 Å². The summed E-state index contributed by atoms with van der Waals surface area (Å²) < 4.78 is 4.88. The van der Waals surface area contributed by atoms with Crippen LogP contribution in [0.5, 0.6) is 0 Å². The van der Waals surface area contributed by atoms with E-state index in [1.807, 2.05) is 0 Å². The minimum atomic E-state index is -0.541. The molecule has 0 heterocycles. The number of anilines is 1. The number of amides is 1. The van der Waals surface area contributed by atoms with Gasteiger partial charge in [0.2, 0.25) is 0 Å². The van der Waals surface area contributed by atoms with E-state index in [1.165, 1.54) is 14.0 Å². The second kappa shape index (κ2) is 5.80. The van der Waals surface area contributed by atoms with Gasteiger partial charge in [-0.05, 0) is 32.0 Å². The minimum Gasteiger partial charge on any atom is -0.372 e. The zero-order chi connectivity index (χ0) is 13.0. The molecule has 0 aliphatic rings. The van der Waals surface area contributed by atoms with Crippen molar-refractivity contribution in [1.82, 2.24) is 0 Å². The molecule has 17 heavy (non-hydrogen) atoms. The van der Waals surface area contributed by atoms with Gasteiger partial charge in [-0.25, -0.2) is 0 Å². The van der Waals surface area contributed by atoms with Gasteiger partial charge in [-0.2, -0.15) is 0 Å². The summed E-state index contributed by atoms with van der Waals surface area (Å²) in [5.74, 6) is -0.378. The number of carbonyl (C=O) groups excluding carboxylic acids is 2. The fourth-order valence-electron chi connectivity index (χ4n) is 1.23. The van der Waals surface area contributed by atoms with Crippen LogP contribution in [0.4, 0.5) is 5.69 Å². The molecule has 4 nitrogen and oxygen atoms in total. The van der Waals surface area contributed by atoms with Gasteiger partial charge in [0.05, 0.1) is 5.02 Å². The van der Waals surface area contributed by atoms with Crippen molar-refractivity contribution < 1.29 is 14.3 Å². The Balaban J connectivity index is 2.84. The van der Waals surface area contributed by atoms with E-state index in [2.05, 4.69) is 5.32 Å². The number of nitrogens with one attached hydrogen (secondary N) is 1. The lowest BCUT2D eigenvalue weighted by molar-refractivity contribution is -0.124. The van der Waals surface area contributed by atoms with Crippen LogP contribution in [0.25, 0.3) is 0 Å². The van der Waals surface area contributed by atoms with Gasteiger partial charge in [0.15, 0.2) is 5.78 Å². The molecule has 0 radical (unpaired) electrons. The van der Waals surface area contributed by atoms with Gasteiger partial charge in [0.1, 0.15) is 6.10 Å². The number of halogens is 1. The van der Waals surface area contributed by atoms with E-state index in [4.69, 9.17) is 16.3 Å². The van der Waals surface area contributed by atoms with Crippen molar-refractivity contribution in [2.24, 2.45) is 0 Å². The first-order valence-electron chi connectivity index (χ1n) is 5.10.